The molecule has 0 saturated carbocycles. The minimum atomic E-state index is -4.66. The smallest absolute Gasteiger partial charge is 0.406 e. The summed E-state index contributed by atoms with van der Waals surface area (Å²) in [5.41, 5.74) is 3.70. The molecule has 0 spiro atoms. The highest BCUT2D eigenvalue weighted by Crippen LogP contribution is 2.30. The van der Waals surface area contributed by atoms with Crippen molar-refractivity contribution in [2.75, 3.05) is 54.2 Å². The first-order chi connectivity index (χ1) is 14.0. The van der Waals surface area contributed by atoms with Crippen molar-refractivity contribution in [1.82, 2.24) is 4.90 Å². The number of ether oxygens (including phenoxy) is 1. The van der Waals surface area contributed by atoms with Crippen LogP contribution in [0.25, 0.3) is 0 Å². The third-order valence-corrected chi connectivity index (χ3v) is 6.37. The molecule has 8 heteroatoms. The Labute approximate surface area is 173 Å². The van der Waals surface area contributed by atoms with Gasteiger partial charge in [-0.1, -0.05) is 18.2 Å². The summed E-state index contributed by atoms with van der Waals surface area (Å²) in [7, 11) is 0. The lowest BCUT2D eigenvalue weighted by molar-refractivity contribution is -0.274. The van der Waals surface area contributed by atoms with Gasteiger partial charge in [0, 0.05) is 56.4 Å². The average molecular weight is 424 g/mol. The fraction of sp³-hybridized carbons (Fsp3) is 0.429. The molecule has 2 aliphatic heterocycles. The average Bonchev–Trinajstić information content (AvgIpc) is 2.95. The standard InChI is InChI=1S/C21H24F3N3OS/c22-21(23,24)28-19-7-5-18(6-8-19)27-14-12-25(15-16-29-27)11-13-26-10-9-17-3-1-2-4-20(17)26/h1-8H,9-16H2. The number of benzene rings is 2. The van der Waals surface area contributed by atoms with Crippen LogP contribution in [0, 0.1) is 0 Å². The van der Waals surface area contributed by atoms with Crippen LogP contribution in [0.4, 0.5) is 24.5 Å². The van der Waals surface area contributed by atoms with Gasteiger partial charge in [-0.25, -0.2) is 0 Å². The van der Waals surface area contributed by atoms with Gasteiger partial charge in [0.05, 0.1) is 0 Å². The third-order valence-electron chi connectivity index (χ3n) is 5.30. The molecule has 0 N–H and O–H groups in total. The van der Waals surface area contributed by atoms with Crippen LogP contribution in [0.1, 0.15) is 5.56 Å². The molecule has 2 aromatic carbocycles. The zero-order valence-corrected chi connectivity index (χ0v) is 16.9. The number of alkyl halides is 3. The van der Waals surface area contributed by atoms with Gasteiger partial charge >= 0.3 is 6.36 Å². The van der Waals surface area contributed by atoms with Crippen molar-refractivity contribution in [2.45, 2.75) is 12.8 Å². The van der Waals surface area contributed by atoms with Gasteiger partial charge in [0.2, 0.25) is 0 Å². The summed E-state index contributed by atoms with van der Waals surface area (Å²) in [5.74, 6) is 0.769. The minimum Gasteiger partial charge on any atom is -0.406 e. The van der Waals surface area contributed by atoms with Crippen LogP contribution >= 0.6 is 11.9 Å². The SMILES string of the molecule is FC(F)(F)Oc1ccc(N2CCN(CCN3CCc4ccccc43)CCS2)cc1. The highest BCUT2D eigenvalue weighted by molar-refractivity contribution is 8.00. The first-order valence-corrected chi connectivity index (χ1v) is 10.7. The molecule has 0 radical (unpaired) electrons. The molecule has 4 nitrogen and oxygen atoms in total. The Morgan fingerprint density at radius 2 is 1.69 bits per heavy atom. The summed E-state index contributed by atoms with van der Waals surface area (Å²) in [5, 5.41) is 0. The van der Waals surface area contributed by atoms with Crippen LogP contribution in [-0.4, -0.2) is 56.3 Å². The fourth-order valence-electron chi connectivity index (χ4n) is 3.83. The molecule has 2 aliphatic rings. The Morgan fingerprint density at radius 1 is 0.897 bits per heavy atom. The lowest BCUT2D eigenvalue weighted by atomic mass is 10.2. The Morgan fingerprint density at radius 3 is 2.48 bits per heavy atom. The number of hydrogen-bond acceptors (Lipinski definition) is 5. The monoisotopic (exact) mass is 423 g/mol. The van der Waals surface area contributed by atoms with Gasteiger partial charge in [0.25, 0.3) is 0 Å². The molecule has 2 heterocycles. The lowest BCUT2D eigenvalue weighted by Crippen LogP contribution is -2.37. The summed E-state index contributed by atoms with van der Waals surface area (Å²) in [6, 6.07) is 14.7. The van der Waals surface area contributed by atoms with E-state index in [2.05, 4.69) is 43.1 Å². The maximum absolute atomic E-state index is 12.3. The van der Waals surface area contributed by atoms with E-state index in [0.717, 1.165) is 57.1 Å². The van der Waals surface area contributed by atoms with Gasteiger partial charge < -0.3 is 13.9 Å². The predicted octanol–water partition coefficient (Wildman–Crippen LogP) is 4.42. The van der Waals surface area contributed by atoms with Gasteiger partial charge in [-0.05, 0) is 54.3 Å². The number of para-hydroxylation sites is 1. The first kappa shape index (κ1) is 20.2. The maximum Gasteiger partial charge on any atom is 0.573 e. The summed E-state index contributed by atoms with van der Waals surface area (Å²) in [4.78, 5) is 4.93. The van der Waals surface area contributed by atoms with E-state index in [1.807, 2.05) is 0 Å². The van der Waals surface area contributed by atoms with Gasteiger partial charge in [0.15, 0.2) is 0 Å². The van der Waals surface area contributed by atoms with E-state index in [9.17, 15) is 13.2 Å². The molecule has 4 rings (SSSR count). The van der Waals surface area contributed by atoms with Crippen LogP contribution in [-0.2, 0) is 6.42 Å². The van der Waals surface area contributed by atoms with E-state index >= 15 is 0 Å². The second-order valence-corrected chi connectivity index (χ2v) is 8.29. The molecule has 156 valence electrons. The van der Waals surface area contributed by atoms with Crippen molar-refractivity contribution in [3.05, 3.63) is 54.1 Å². The largest absolute Gasteiger partial charge is 0.573 e. The molecular formula is C21H24F3N3OS. The number of anilines is 2. The van der Waals surface area contributed by atoms with Crippen LogP contribution in [0.5, 0.6) is 5.75 Å². The minimum absolute atomic E-state index is 0.186. The summed E-state index contributed by atoms with van der Waals surface area (Å²) < 4.78 is 43.1. The van der Waals surface area contributed by atoms with E-state index in [1.54, 1.807) is 24.1 Å². The zero-order chi connectivity index (χ0) is 20.3. The summed E-state index contributed by atoms with van der Waals surface area (Å²) in [6.45, 7) is 5.89. The third kappa shape index (κ3) is 5.30. The van der Waals surface area contributed by atoms with Gasteiger partial charge in [-0.2, -0.15) is 0 Å². The van der Waals surface area contributed by atoms with Gasteiger partial charge in [-0.3, -0.25) is 4.90 Å². The Hall–Kier alpha value is -2.06. The van der Waals surface area contributed by atoms with Crippen LogP contribution < -0.4 is 13.9 Å². The normalized spacial score (nSPS) is 17.9. The van der Waals surface area contributed by atoms with Crippen molar-refractivity contribution < 1.29 is 17.9 Å². The predicted molar refractivity (Wildman–Crippen MR) is 112 cm³/mol. The molecule has 0 atom stereocenters. The van der Waals surface area contributed by atoms with E-state index in [0.29, 0.717) is 0 Å². The molecule has 0 aliphatic carbocycles. The van der Waals surface area contributed by atoms with Gasteiger partial charge in [-0.15, -0.1) is 13.2 Å². The quantitative estimate of drug-likeness (QED) is 0.661. The lowest BCUT2D eigenvalue weighted by Gasteiger charge is -2.26. The highest BCUT2D eigenvalue weighted by atomic mass is 32.2. The molecule has 0 bridgehead atoms. The Balaban J connectivity index is 1.28. The number of rotatable bonds is 5. The van der Waals surface area contributed by atoms with E-state index in [-0.39, 0.29) is 5.75 Å². The first-order valence-electron chi connectivity index (χ1n) is 9.79. The van der Waals surface area contributed by atoms with Crippen molar-refractivity contribution in [1.29, 1.82) is 0 Å². The number of nitrogens with zero attached hydrogens (tertiary/aromatic N) is 3. The molecular weight excluding hydrogens is 399 g/mol. The van der Waals surface area contributed by atoms with Crippen molar-refractivity contribution in [3.8, 4) is 5.75 Å². The van der Waals surface area contributed by atoms with Crippen molar-refractivity contribution >= 4 is 23.3 Å². The second-order valence-electron chi connectivity index (χ2n) is 7.18. The Bertz CT molecular complexity index is 816. The van der Waals surface area contributed by atoms with Crippen molar-refractivity contribution in [3.63, 3.8) is 0 Å². The summed E-state index contributed by atoms with van der Waals surface area (Å²) in [6.07, 6.45) is -3.54. The van der Waals surface area contributed by atoms with Gasteiger partial charge in [0.1, 0.15) is 5.75 Å². The van der Waals surface area contributed by atoms with E-state index in [4.69, 9.17) is 0 Å². The Kier molecular flexibility index (Phi) is 6.10. The van der Waals surface area contributed by atoms with Crippen molar-refractivity contribution in [2.24, 2.45) is 0 Å². The molecule has 2 aromatic rings. The number of halogens is 3. The van der Waals surface area contributed by atoms with Crippen LogP contribution in [0.2, 0.25) is 0 Å². The second kappa shape index (κ2) is 8.75. The molecule has 1 saturated heterocycles. The molecule has 1 fully saturated rings. The fourth-order valence-corrected chi connectivity index (χ4v) is 4.87. The van der Waals surface area contributed by atoms with E-state index < -0.39 is 6.36 Å². The van der Waals surface area contributed by atoms with Crippen LogP contribution in [0.15, 0.2) is 48.5 Å². The number of hydrogen-bond donors (Lipinski definition) is 0. The topological polar surface area (TPSA) is 19.0 Å². The number of fused-ring (bicyclic) bond motifs is 1. The summed E-state index contributed by atoms with van der Waals surface area (Å²) >= 11 is 1.72. The van der Waals surface area contributed by atoms with E-state index in [1.165, 1.54) is 23.4 Å². The molecule has 0 amide bonds. The molecule has 0 aromatic heterocycles. The molecule has 29 heavy (non-hydrogen) atoms. The zero-order valence-electron chi connectivity index (χ0n) is 16.1. The highest BCUT2D eigenvalue weighted by Gasteiger charge is 2.31. The molecule has 0 unspecified atom stereocenters. The maximum atomic E-state index is 12.3. The van der Waals surface area contributed by atoms with Crippen LogP contribution in [0.3, 0.4) is 0 Å².